The predicted octanol–water partition coefficient (Wildman–Crippen LogP) is 6.43. The molecule has 5 aromatic rings. The highest BCUT2D eigenvalue weighted by molar-refractivity contribution is 6.02. The Hall–Kier alpha value is -4.92. The van der Waals surface area contributed by atoms with Gasteiger partial charge in [0.25, 0.3) is 5.91 Å². The molecule has 0 atom stereocenters. The molecule has 0 radical (unpaired) electrons. The summed E-state index contributed by atoms with van der Waals surface area (Å²) in [6.45, 7) is 8.47. The fourth-order valence-electron chi connectivity index (χ4n) is 4.38. The number of ether oxygens (including phenoxy) is 2. The summed E-state index contributed by atoms with van der Waals surface area (Å²) < 4.78 is 18.5. The van der Waals surface area contributed by atoms with Crippen LogP contribution in [0.5, 0.6) is 5.75 Å². The molecule has 5 rings (SSSR count). The minimum atomic E-state index is -0.481. The highest BCUT2D eigenvalue weighted by atomic mass is 16.5. The Morgan fingerprint density at radius 2 is 1.93 bits per heavy atom. The zero-order valence-electron chi connectivity index (χ0n) is 22.8. The van der Waals surface area contributed by atoms with E-state index < -0.39 is 5.97 Å². The normalized spacial score (nSPS) is 11.1. The molecule has 0 saturated heterocycles. The Kier molecular flexibility index (Phi) is 7.63. The zero-order chi connectivity index (χ0) is 28.2. The van der Waals surface area contributed by atoms with Gasteiger partial charge in [0, 0.05) is 17.4 Å². The summed E-state index contributed by atoms with van der Waals surface area (Å²) >= 11 is 0. The number of furan rings is 1. The molecule has 0 saturated carbocycles. The quantitative estimate of drug-likeness (QED) is 0.216. The molecule has 204 valence electrons. The highest BCUT2D eigenvalue weighted by Gasteiger charge is 2.18. The van der Waals surface area contributed by atoms with Gasteiger partial charge in [0.05, 0.1) is 18.5 Å². The molecule has 9 heteroatoms. The Morgan fingerprint density at radius 3 is 2.73 bits per heavy atom. The topological polar surface area (TPSA) is 108 Å². The van der Waals surface area contributed by atoms with Crippen molar-refractivity contribution in [3.8, 4) is 17.0 Å². The van der Waals surface area contributed by atoms with Gasteiger partial charge in [0.1, 0.15) is 23.7 Å². The number of carbonyl (C=O) groups is 2. The van der Waals surface area contributed by atoms with Crippen molar-refractivity contribution in [3.05, 3.63) is 101 Å². The third kappa shape index (κ3) is 5.58. The standard InChI is InChI=1S/C31H30N4O5/c1-5-38-31(37)25-17-33-35-26(13-14-32-29(25)35)21-7-6-8-22(16-21)34-30(36)27-12-10-23(40-27)18-39-28-15-20(4)9-11-24(28)19(2)3/h6-17,19H,5,18H2,1-4H3,(H,34,36). The number of carbonyl (C=O) groups excluding carboxylic acids is 2. The van der Waals surface area contributed by atoms with Gasteiger partial charge in [-0.05, 0) is 67.3 Å². The van der Waals surface area contributed by atoms with E-state index in [1.807, 2.05) is 31.2 Å². The number of rotatable bonds is 9. The van der Waals surface area contributed by atoms with Crippen LogP contribution in [-0.2, 0) is 11.3 Å². The molecule has 1 amide bonds. The van der Waals surface area contributed by atoms with Crippen LogP contribution >= 0.6 is 0 Å². The number of hydrogen-bond acceptors (Lipinski definition) is 7. The fourth-order valence-corrected chi connectivity index (χ4v) is 4.38. The minimum absolute atomic E-state index is 0.176. The van der Waals surface area contributed by atoms with Gasteiger partial charge in [0.2, 0.25) is 0 Å². The molecule has 0 unspecified atom stereocenters. The van der Waals surface area contributed by atoms with Crippen LogP contribution in [0.1, 0.15) is 64.5 Å². The average Bonchev–Trinajstić information content (AvgIpc) is 3.60. The van der Waals surface area contributed by atoms with Gasteiger partial charge in [-0.25, -0.2) is 14.3 Å². The lowest BCUT2D eigenvalue weighted by molar-refractivity contribution is 0.0528. The molecule has 3 heterocycles. The lowest BCUT2D eigenvalue weighted by Gasteiger charge is -2.14. The van der Waals surface area contributed by atoms with E-state index in [4.69, 9.17) is 13.9 Å². The second-order valence-electron chi connectivity index (χ2n) is 9.63. The SMILES string of the molecule is CCOC(=O)c1cnn2c(-c3cccc(NC(=O)c4ccc(COc5cc(C)ccc5C(C)C)o4)c3)ccnc12. The number of nitrogens with one attached hydrogen (secondary N) is 1. The summed E-state index contributed by atoms with van der Waals surface area (Å²) in [6.07, 6.45) is 3.05. The van der Waals surface area contributed by atoms with Crippen LogP contribution in [0.4, 0.5) is 5.69 Å². The van der Waals surface area contributed by atoms with E-state index >= 15 is 0 Å². The third-order valence-electron chi connectivity index (χ3n) is 6.36. The molecule has 2 aromatic carbocycles. The number of aryl methyl sites for hydroxylation is 1. The molecule has 1 N–H and O–H groups in total. The van der Waals surface area contributed by atoms with Gasteiger partial charge in [-0.1, -0.05) is 38.1 Å². The van der Waals surface area contributed by atoms with Gasteiger partial charge in [-0.2, -0.15) is 5.10 Å². The molecule has 0 bridgehead atoms. The van der Waals surface area contributed by atoms with Crippen LogP contribution in [0.2, 0.25) is 0 Å². The minimum Gasteiger partial charge on any atom is -0.485 e. The maximum absolute atomic E-state index is 13.0. The van der Waals surface area contributed by atoms with Gasteiger partial charge < -0.3 is 19.2 Å². The van der Waals surface area contributed by atoms with Gasteiger partial charge >= 0.3 is 5.97 Å². The van der Waals surface area contributed by atoms with E-state index in [0.29, 0.717) is 28.7 Å². The molecule has 40 heavy (non-hydrogen) atoms. The van der Waals surface area contributed by atoms with Crippen LogP contribution in [0.3, 0.4) is 0 Å². The van der Waals surface area contributed by atoms with E-state index in [1.54, 1.807) is 41.9 Å². The second-order valence-corrected chi connectivity index (χ2v) is 9.63. The Labute approximate surface area is 231 Å². The summed E-state index contributed by atoms with van der Waals surface area (Å²) in [5.74, 6) is 0.989. The molecule has 0 aliphatic carbocycles. The first-order valence-electron chi connectivity index (χ1n) is 13.1. The number of hydrogen-bond donors (Lipinski definition) is 1. The van der Waals surface area contributed by atoms with Crippen LogP contribution in [-0.4, -0.2) is 33.1 Å². The second kappa shape index (κ2) is 11.4. The first kappa shape index (κ1) is 26.7. The first-order chi connectivity index (χ1) is 19.3. The van der Waals surface area contributed by atoms with E-state index in [0.717, 1.165) is 22.4 Å². The molecular weight excluding hydrogens is 508 g/mol. The maximum Gasteiger partial charge on any atom is 0.343 e. The molecule has 0 aliphatic rings. The number of amides is 1. The van der Waals surface area contributed by atoms with Crippen molar-refractivity contribution in [2.75, 3.05) is 11.9 Å². The fraction of sp³-hybridized carbons (Fsp3) is 0.226. The predicted molar refractivity (Wildman–Crippen MR) is 151 cm³/mol. The maximum atomic E-state index is 13.0. The van der Waals surface area contributed by atoms with Crippen molar-refractivity contribution in [3.63, 3.8) is 0 Å². The number of benzene rings is 2. The summed E-state index contributed by atoms with van der Waals surface area (Å²) in [5.41, 5.74) is 4.95. The van der Waals surface area contributed by atoms with Crippen molar-refractivity contribution in [1.82, 2.24) is 14.6 Å². The summed E-state index contributed by atoms with van der Waals surface area (Å²) in [6, 6.07) is 18.6. The molecule has 3 aromatic heterocycles. The zero-order valence-corrected chi connectivity index (χ0v) is 22.8. The first-order valence-corrected chi connectivity index (χ1v) is 13.1. The van der Waals surface area contributed by atoms with Crippen LogP contribution in [0.25, 0.3) is 16.9 Å². The Balaban J connectivity index is 1.30. The van der Waals surface area contributed by atoms with Crippen molar-refractivity contribution in [2.24, 2.45) is 0 Å². The molecule has 0 fully saturated rings. The van der Waals surface area contributed by atoms with E-state index in [2.05, 4.69) is 41.4 Å². The summed E-state index contributed by atoms with van der Waals surface area (Å²) in [7, 11) is 0. The molecule has 0 aliphatic heterocycles. The largest absolute Gasteiger partial charge is 0.485 e. The third-order valence-corrected chi connectivity index (χ3v) is 6.36. The number of aromatic nitrogens is 3. The van der Waals surface area contributed by atoms with Crippen molar-refractivity contribution < 1.29 is 23.5 Å². The van der Waals surface area contributed by atoms with Crippen molar-refractivity contribution in [1.29, 1.82) is 0 Å². The summed E-state index contributed by atoms with van der Waals surface area (Å²) in [5, 5.41) is 7.22. The van der Waals surface area contributed by atoms with E-state index in [-0.39, 0.29) is 30.4 Å². The number of fused-ring (bicyclic) bond motifs is 1. The number of anilines is 1. The number of nitrogens with zero attached hydrogens (tertiary/aromatic N) is 3. The Morgan fingerprint density at radius 1 is 1.07 bits per heavy atom. The van der Waals surface area contributed by atoms with Gasteiger partial charge in [-0.15, -0.1) is 0 Å². The van der Waals surface area contributed by atoms with Crippen LogP contribution in [0.15, 0.2) is 77.5 Å². The smallest absolute Gasteiger partial charge is 0.343 e. The van der Waals surface area contributed by atoms with E-state index in [9.17, 15) is 9.59 Å². The number of esters is 1. The van der Waals surface area contributed by atoms with Gasteiger partial charge in [-0.3, -0.25) is 4.79 Å². The van der Waals surface area contributed by atoms with E-state index in [1.165, 1.54) is 6.20 Å². The molecule has 9 nitrogen and oxygen atoms in total. The summed E-state index contributed by atoms with van der Waals surface area (Å²) in [4.78, 5) is 29.5. The van der Waals surface area contributed by atoms with Crippen molar-refractivity contribution >= 4 is 23.2 Å². The lowest BCUT2D eigenvalue weighted by atomic mass is 10.0. The molecule has 0 spiro atoms. The average molecular weight is 539 g/mol. The van der Waals surface area contributed by atoms with Crippen LogP contribution in [0, 0.1) is 6.92 Å². The highest BCUT2D eigenvalue weighted by Crippen LogP contribution is 2.29. The Bertz CT molecular complexity index is 1680. The molecular formula is C31H30N4O5. The van der Waals surface area contributed by atoms with Crippen LogP contribution < -0.4 is 10.1 Å². The lowest BCUT2D eigenvalue weighted by Crippen LogP contribution is -2.11. The monoisotopic (exact) mass is 538 g/mol. The van der Waals surface area contributed by atoms with Gasteiger partial charge in [0.15, 0.2) is 11.4 Å². The van der Waals surface area contributed by atoms with Crippen molar-refractivity contribution in [2.45, 2.75) is 40.2 Å².